The fraction of sp³-hybridized carbons (Fsp3) is 0. The van der Waals surface area contributed by atoms with Crippen molar-refractivity contribution in [3.63, 3.8) is 0 Å². The van der Waals surface area contributed by atoms with Crippen LogP contribution >= 0.6 is 22.7 Å². The first-order valence-electron chi connectivity index (χ1n) is 40.2. The fourth-order valence-corrected chi connectivity index (χ4v) is 20.0. The largest absolute Gasteiger partial charge is 0.310 e. The van der Waals surface area contributed by atoms with E-state index in [1.54, 1.807) is 0 Å². The maximum atomic E-state index is 2.39. The van der Waals surface area contributed by atoms with Gasteiger partial charge in [-0.3, -0.25) is 0 Å². The lowest BCUT2D eigenvalue weighted by Gasteiger charge is -2.26. The smallest absolute Gasteiger partial charge is 0.0541 e. The van der Waals surface area contributed by atoms with Crippen LogP contribution in [-0.4, -0.2) is 9.13 Å². The van der Waals surface area contributed by atoms with Gasteiger partial charge in [-0.1, -0.05) is 315 Å². The number of nitrogens with zero attached hydrogens (tertiary/aromatic N) is 4. The van der Waals surface area contributed by atoms with Gasteiger partial charge in [0.15, 0.2) is 0 Å². The van der Waals surface area contributed by atoms with Gasteiger partial charge in [-0.25, -0.2) is 0 Å². The lowest BCUT2D eigenvalue weighted by Crippen LogP contribution is -2.10. The highest BCUT2D eigenvalue weighted by molar-refractivity contribution is 7.26. The summed E-state index contributed by atoms with van der Waals surface area (Å²) in [5.41, 5.74) is 28.1. The second-order valence-corrected chi connectivity index (χ2v) is 32.5. The van der Waals surface area contributed by atoms with Gasteiger partial charge >= 0.3 is 0 Å². The molecule has 0 saturated heterocycles. The molecule has 0 fully saturated rings. The average molecular weight is 1540 g/mol. The third kappa shape index (κ3) is 12.7. The van der Waals surface area contributed by atoms with Crippen LogP contribution < -0.4 is 9.80 Å². The summed E-state index contributed by atoms with van der Waals surface area (Å²) in [5.74, 6) is 0. The molecule has 4 heterocycles. The third-order valence-corrected chi connectivity index (χ3v) is 25.7. The van der Waals surface area contributed by atoms with Gasteiger partial charge in [0.05, 0.1) is 22.1 Å². The van der Waals surface area contributed by atoms with Crippen LogP contribution in [0.15, 0.2) is 449 Å². The van der Waals surface area contributed by atoms with E-state index in [1.165, 1.54) is 161 Å². The predicted molar refractivity (Wildman–Crippen MR) is 507 cm³/mol. The average Bonchev–Trinajstić information content (AvgIpc) is 1.57. The summed E-state index contributed by atoms with van der Waals surface area (Å²) in [6.45, 7) is 0. The monoisotopic (exact) mass is 1540 g/mol. The molecule has 0 unspecified atom stereocenters. The van der Waals surface area contributed by atoms with E-state index in [1.807, 2.05) is 22.7 Å². The van der Waals surface area contributed by atoms with E-state index in [-0.39, 0.29) is 0 Å². The molecule has 6 heteroatoms. The van der Waals surface area contributed by atoms with Crippen LogP contribution in [0, 0.1) is 0 Å². The van der Waals surface area contributed by atoms with Crippen molar-refractivity contribution in [2.45, 2.75) is 0 Å². The molecule has 23 aromatic rings. The molecule has 0 spiro atoms. The Morgan fingerprint density at radius 2 is 0.441 bits per heavy atom. The van der Waals surface area contributed by atoms with Crippen molar-refractivity contribution < 1.29 is 0 Å². The highest BCUT2D eigenvalue weighted by Gasteiger charge is 2.21. The van der Waals surface area contributed by atoms with Gasteiger partial charge in [-0.05, 0) is 211 Å². The van der Waals surface area contributed by atoms with E-state index in [0.717, 1.165) is 45.5 Å². The fourth-order valence-electron chi connectivity index (χ4n) is 17.7. The van der Waals surface area contributed by atoms with Gasteiger partial charge in [0.1, 0.15) is 0 Å². The van der Waals surface area contributed by atoms with Crippen LogP contribution in [0.1, 0.15) is 0 Å². The van der Waals surface area contributed by atoms with Crippen LogP contribution in [0.2, 0.25) is 0 Å². The van der Waals surface area contributed by atoms with E-state index in [4.69, 9.17) is 0 Å². The van der Waals surface area contributed by atoms with Crippen molar-refractivity contribution in [1.82, 2.24) is 9.13 Å². The van der Waals surface area contributed by atoms with Crippen molar-refractivity contribution in [2.75, 3.05) is 9.80 Å². The molecule has 4 nitrogen and oxygen atoms in total. The maximum absolute atomic E-state index is 2.39. The normalized spacial score (nSPS) is 11.6. The van der Waals surface area contributed by atoms with Crippen molar-refractivity contribution in [3.05, 3.63) is 449 Å². The highest BCUT2D eigenvalue weighted by Crippen LogP contribution is 2.45. The van der Waals surface area contributed by atoms with E-state index < -0.39 is 0 Å². The lowest BCUT2D eigenvalue weighted by molar-refractivity contribution is 1.17. The first kappa shape index (κ1) is 69.8. The van der Waals surface area contributed by atoms with E-state index in [9.17, 15) is 0 Å². The quantitative estimate of drug-likeness (QED) is 0.108. The van der Waals surface area contributed by atoms with Crippen LogP contribution in [0.3, 0.4) is 0 Å². The molecular weight excluding hydrogens is 1470 g/mol. The molecule has 0 radical (unpaired) electrons. The molecule has 0 aliphatic rings. The molecule has 0 atom stereocenters. The number of fused-ring (bicyclic) bond motifs is 13. The first-order chi connectivity index (χ1) is 58.5. The zero-order valence-corrected chi connectivity index (χ0v) is 66.0. The minimum absolute atomic E-state index is 1.09. The summed E-state index contributed by atoms with van der Waals surface area (Å²) in [6, 6.07) is 163. The summed E-state index contributed by atoms with van der Waals surface area (Å²) >= 11 is 3.73. The number of aromatic nitrogens is 2. The van der Waals surface area contributed by atoms with Gasteiger partial charge in [0, 0.05) is 107 Å². The number of hydrogen-bond donors (Lipinski definition) is 0. The Bertz CT molecular complexity index is 7590. The molecule has 0 amide bonds. The number of para-hydroxylation sites is 4. The molecule has 554 valence electrons. The molecular formula is C112H74N4S2. The SMILES string of the molecule is c1cc(N(c2ccc(-c3ccc(-c4cccc5ccccc45)cc3)cc2)c2ccc(-c3ccc4c(c3)sc3ccccc34)cc2)cc(-n2c3ccccc3c3ccccc32)c1.c1ccc(-c2ccc(-c3ccc(N(c4ccc(-c5ccc6c(c5)sc5ccccc56)cc4)c4cccc(-n5c6ccccc6c6ccccc65)c4)cc3)cc2)cc1. The molecule has 23 rings (SSSR count). The third-order valence-electron chi connectivity index (χ3n) is 23.4. The zero-order valence-electron chi connectivity index (χ0n) is 64.3. The lowest BCUT2D eigenvalue weighted by atomic mass is 9.96. The molecule has 0 aliphatic heterocycles. The second kappa shape index (κ2) is 29.8. The highest BCUT2D eigenvalue weighted by atomic mass is 32.1. The number of hydrogen-bond acceptors (Lipinski definition) is 4. The molecule has 19 aromatic carbocycles. The number of anilines is 6. The Morgan fingerprint density at radius 3 is 0.839 bits per heavy atom. The standard InChI is InChI=1S/C58H38N2S.C54H36N2S/c1-2-15-49-42(11-1)12-9-19-50(49)43-25-23-39(24-26-43)40-27-32-45(33-28-40)59(46-34-29-41(30-35-46)44-31-36-54-53-18-5-8-22-57(53)61-58(54)37-44)47-13-10-14-48(38-47)60-55-20-6-3-16-51(55)52-17-4-7-21-56(52)60;1-2-11-37(12-3-1)38-21-23-39(24-22-38)40-25-30-43(31-26-40)55(44-32-27-41(28-33-44)42-29-34-50-49-17-6-9-20-53(49)57-54(50)35-42)45-13-10-14-46(36-45)56-51-18-7-4-15-47(51)48-16-5-8-19-52(48)56/h1-38H;1-36H. The van der Waals surface area contributed by atoms with Crippen molar-refractivity contribution >= 4 is 152 Å². The van der Waals surface area contributed by atoms with Crippen LogP contribution in [-0.2, 0) is 0 Å². The molecule has 0 N–H and O–H groups in total. The van der Waals surface area contributed by atoms with E-state index >= 15 is 0 Å². The predicted octanol–water partition coefficient (Wildman–Crippen LogP) is 32.4. The number of rotatable bonds is 14. The van der Waals surface area contributed by atoms with Crippen LogP contribution in [0.25, 0.3) is 173 Å². The summed E-state index contributed by atoms with van der Waals surface area (Å²) < 4.78 is 10.1. The van der Waals surface area contributed by atoms with Crippen molar-refractivity contribution in [3.8, 4) is 78.1 Å². The summed E-state index contributed by atoms with van der Waals surface area (Å²) in [7, 11) is 0. The number of thiophene rings is 2. The Kier molecular flexibility index (Phi) is 17.6. The van der Waals surface area contributed by atoms with Gasteiger partial charge in [-0.15, -0.1) is 22.7 Å². The second-order valence-electron chi connectivity index (χ2n) is 30.3. The van der Waals surface area contributed by atoms with Gasteiger partial charge in [0.25, 0.3) is 0 Å². The van der Waals surface area contributed by atoms with Gasteiger partial charge in [0.2, 0.25) is 0 Å². The van der Waals surface area contributed by atoms with Gasteiger partial charge < -0.3 is 18.9 Å². The van der Waals surface area contributed by atoms with Gasteiger partial charge in [-0.2, -0.15) is 0 Å². The number of benzene rings is 19. The van der Waals surface area contributed by atoms with E-state index in [0.29, 0.717) is 0 Å². The summed E-state index contributed by atoms with van der Waals surface area (Å²) in [5, 5.41) is 12.8. The Morgan fingerprint density at radius 1 is 0.161 bits per heavy atom. The molecule has 0 bridgehead atoms. The molecule has 118 heavy (non-hydrogen) atoms. The molecule has 4 aromatic heterocycles. The summed E-state index contributed by atoms with van der Waals surface area (Å²) in [6.07, 6.45) is 0. The van der Waals surface area contributed by atoms with Crippen molar-refractivity contribution in [2.24, 2.45) is 0 Å². The van der Waals surface area contributed by atoms with Crippen molar-refractivity contribution in [1.29, 1.82) is 0 Å². The topological polar surface area (TPSA) is 16.3 Å². The minimum Gasteiger partial charge on any atom is -0.310 e. The Hall–Kier alpha value is -14.9. The minimum atomic E-state index is 1.09. The summed E-state index contributed by atoms with van der Waals surface area (Å²) in [4.78, 5) is 4.75. The van der Waals surface area contributed by atoms with Crippen LogP contribution in [0.4, 0.5) is 34.1 Å². The Labute approximate surface area is 692 Å². The molecule has 0 aliphatic carbocycles. The van der Waals surface area contributed by atoms with Crippen LogP contribution in [0.5, 0.6) is 0 Å². The zero-order chi connectivity index (χ0) is 78.0. The Balaban J connectivity index is 0.000000143. The van der Waals surface area contributed by atoms with E-state index in [2.05, 4.69) is 468 Å². The maximum Gasteiger partial charge on any atom is 0.0541 e. The first-order valence-corrected chi connectivity index (χ1v) is 41.9. The molecule has 0 saturated carbocycles.